The largest absolute Gasteiger partial charge is 0.473 e. The van der Waals surface area contributed by atoms with Crippen LogP contribution in [0, 0.1) is 11.3 Å². The summed E-state index contributed by atoms with van der Waals surface area (Å²) in [5, 5.41) is 18.2. The monoisotopic (exact) mass is 379 g/mol. The van der Waals surface area contributed by atoms with Crippen LogP contribution in [0.15, 0.2) is 41.9 Å². The van der Waals surface area contributed by atoms with Crippen molar-refractivity contribution in [2.24, 2.45) is 0 Å². The molecule has 0 bridgehead atoms. The molecule has 0 saturated carbocycles. The van der Waals surface area contributed by atoms with Gasteiger partial charge in [-0.25, -0.2) is 4.98 Å². The molecule has 1 fully saturated rings. The fraction of sp³-hybridized carbons (Fsp3) is 0.263. The highest BCUT2D eigenvalue weighted by Crippen LogP contribution is 2.24. The van der Waals surface area contributed by atoms with E-state index in [-0.39, 0.29) is 12.0 Å². The predicted molar refractivity (Wildman–Crippen MR) is 100 cm³/mol. The number of H-pyrrole nitrogens is 1. The number of carbonyl (C=O) groups is 1. The summed E-state index contributed by atoms with van der Waals surface area (Å²) in [5.41, 5.74) is 1.70. The fourth-order valence-electron chi connectivity index (χ4n) is 3.06. The third-order valence-electron chi connectivity index (χ3n) is 4.48. The minimum atomic E-state index is -0.0805. The molecule has 27 heavy (non-hydrogen) atoms. The molecule has 4 rings (SSSR count). The van der Waals surface area contributed by atoms with E-state index in [1.807, 2.05) is 17.5 Å². The molecule has 7 nitrogen and oxygen atoms in total. The molecule has 1 aliphatic heterocycles. The lowest BCUT2D eigenvalue weighted by Gasteiger charge is -2.31. The van der Waals surface area contributed by atoms with Gasteiger partial charge in [0, 0.05) is 32.1 Å². The van der Waals surface area contributed by atoms with Crippen molar-refractivity contribution in [2.75, 3.05) is 13.1 Å². The van der Waals surface area contributed by atoms with Crippen LogP contribution in [0.25, 0.3) is 10.6 Å². The first-order chi connectivity index (χ1) is 13.2. The Morgan fingerprint density at radius 2 is 2.19 bits per heavy atom. The van der Waals surface area contributed by atoms with E-state index in [2.05, 4.69) is 21.3 Å². The third kappa shape index (κ3) is 3.68. The molecule has 1 saturated heterocycles. The number of thiophene rings is 1. The van der Waals surface area contributed by atoms with Crippen LogP contribution in [-0.4, -0.2) is 45.2 Å². The number of ether oxygens (including phenoxy) is 1. The first kappa shape index (κ1) is 17.2. The van der Waals surface area contributed by atoms with Crippen molar-refractivity contribution in [3.05, 3.63) is 53.2 Å². The van der Waals surface area contributed by atoms with E-state index >= 15 is 0 Å². The molecule has 0 radical (unpaired) electrons. The smallest absolute Gasteiger partial charge is 0.274 e. The Labute approximate surface area is 160 Å². The number of likely N-dealkylation sites (tertiary alicyclic amines) is 1. The number of rotatable bonds is 4. The van der Waals surface area contributed by atoms with Gasteiger partial charge in [-0.05, 0) is 29.6 Å². The van der Waals surface area contributed by atoms with Crippen LogP contribution in [0.1, 0.15) is 28.9 Å². The third-order valence-corrected chi connectivity index (χ3v) is 5.39. The van der Waals surface area contributed by atoms with Gasteiger partial charge in [0.2, 0.25) is 5.88 Å². The molecule has 0 unspecified atom stereocenters. The van der Waals surface area contributed by atoms with Crippen molar-refractivity contribution < 1.29 is 9.53 Å². The summed E-state index contributed by atoms with van der Waals surface area (Å²) in [6.45, 7) is 1.17. The first-order valence-electron chi connectivity index (χ1n) is 8.65. The molecule has 136 valence electrons. The Bertz CT molecular complexity index is 968. The zero-order valence-electron chi connectivity index (χ0n) is 14.5. The summed E-state index contributed by atoms with van der Waals surface area (Å²) in [7, 11) is 0. The van der Waals surface area contributed by atoms with E-state index in [0.29, 0.717) is 43.1 Å². The van der Waals surface area contributed by atoms with E-state index in [1.54, 1.807) is 40.6 Å². The summed E-state index contributed by atoms with van der Waals surface area (Å²) in [5.74, 6) is 0.278. The number of nitrogens with zero attached hydrogens (tertiary/aromatic N) is 4. The fourth-order valence-corrected chi connectivity index (χ4v) is 3.75. The van der Waals surface area contributed by atoms with Gasteiger partial charge in [0.05, 0.1) is 10.6 Å². The van der Waals surface area contributed by atoms with Gasteiger partial charge in [-0.2, -0.15) is 10.4 Å². The van der Waals surface area contributed by atoms with Crippen LogP contribution < -0.4 is 4.74 Å². The van der Waals surface area contributed by atoms with Gasteiger partial charge in [-0.15, -0.1) is 11.3 Å². The zero-order chi connectivity index (χ0) is 18.6. The Balaban J connectivity index is 1.36. The highest BCUT2D eigenvalue weighted by atomic mass is 32.1. The van der Waals surface area contributed by atoms with E-state index in [9.17, 15) is 4.79 Å². The molecule has 1 amide bonds. The molecule has 0 aliphatic carbocycles. The molecule has 1 N–H and O–H groups in total. The molecule has 8 heteroatoms. The molecule has 4 heterocycles. The summed E-state index contributed by atoms with van der Waals surface area (Å²) in [6, 6.07) is 11.2. The number of hydrogen-bond donors (Lipinski definition) is 1. The summed E-state index contributed by atoms with van der Waals surface area (Å²) < 4.78 is 5.87. The lowest BCUT2D eigenvalue weighted by molar-refractivity contribution is 0.0582. The Morgan fingerprint density at radius 3 is 2.93 bits per heavy atom. The first-order valence-corrected chi connectivity index (χ1v) is 9.53. The summed E-state index contributed by atoms with van der Waals surface area (Å²) in [6.07, 6.45) is 2.93. The number of carbonyl (C=O) groups excluding carboxylic acids is 1. The standard InChI is InChI=1S/C19H17N5O2S/c20-12-13-3-1-7-21-18(13)26-14-5-8-24(9-6-14)19(25)16-11-15(22-23-16)17-4-2-10-27-17/h1-4,7,10-11,14H,5-6,8-9H2,(H,22,23). The lowest BCUT2D eigenvalue weighted by atomic mass is 10.1. The summed E-state index contributed by atoms with van der Waals surface area (Å²) in [4.78, 5) is 19.7. The molecule has 3 aromatic rings. The number of nitriles is 1. The highest BCUT2D eigenvalue weighted by molar-refractivity contribution is 7.13. The van der Waals surface area contributed by atoms with Crippen LogP contribution in [0.3, 0.4) is 0 Å². The summed E-state index contributed by atoms with van der Waals surface area (Å²) >= 11 is 1.60. The number of amides is 1. The maximum Gasteiger partial charge on any atom is 0.274 e. The number of aromatic amines is 1. The highest BCUT2D eigenvalue weighted by Gasteiger charge is 2.27. The van der Waals surface area contributed by atoms with Crippen LogP contribution in [0.5, 0.6) is 5.88 Å². The molecule has 0 spiro atoms. The average molecular weight is 379 g/mol. The second-order valence-electron chi connectivity index (χ2n) is 6.22. The number of pyridine rings is 1. The van der Waals surface area contributed by atoms with Crippen LogP contribution in [-0.2, 0) is 0 Å². The van der Waals surface area contributed by atoms with Gasteiger partial charge in [-0.3, -0.25) is 9.89 Å². The normalized spacial score (nSPS) is 14.7. The molecular weight excluding hydrogens is 362 g/mol. The minimum absolute atomic E-state index is 0.0584. The van der Waals surface area contributed by atoms with Gasteiger partial charge in [0.1, 0.15) is 17.7 Å². The number of hydrogen-bond acceptors (Lipinski definition) is 6. The van der Waals surface area contributed by atoms with Gasteiger partial charge in [0.25, 0.3) is 5.91 Å². The second-order valence-corrected chi connectivity index (χ2v) is 7.17. The van der Waals surface area contributed by atoms with E-state index in [4.69, 9.17) is 10.00 Å². The molecular formula is C19H17N5O2S. The minimum Gasteiger partial charge on any atom is -0.473 e. The molecule has 1 aliphatic rings. The van der Waals surface area contributed by atoms with Crippen molar-refractivity contribution in [1.29, 1.82) is 5.26 Å². The predicted octanol–water partition coefficient (Wildman–Crippen LogP) is 3.09. The Kier molecular flexibility index (Phi) is 4.85. The molecule has 0 aromatic carbocycles. The van der Waals surface area contributed by atoms with E-state index in [0.717, 1.165) is 10.6 Å². The van der Waals surface area contributed by atoms with Crippen LogP contribution in [0.4, 0.5) is 0 Å². The van der Waals surface area contributed by atoms with Gasteiger partial charge in [0.15, 0.2) is 5.69 Å². The number of piperidine rings is 1. The van der Waals surface area contributed by atoms with Crippen molar-refractivity contribution in [3.63, 3.8) is 0 Å². The Hall–Kier alpha value is -3.18. The maximum absolute atomic E-state index is 12.7. The van der Waals surface area contributed by atoms with Crippen LogP contribution >= 0.6 is 11.3 Å². The number of aromatic nitrogens is 3. The second kappa shape index (κ2) is 7.60. The lowest BCUT2D eigenvalue weighted by Crippen LogP contribution is -2.42. The van der Waals surface area contributed by atoms with E-state index in [1.165, 1.54) is 0 Å². The zero-order valence-corrected chi connectivity index (χ0v) is 15.3. The molecule has 0 atom stereocenters. The van der Waals surface area contributed by atoms with Gasteiger partial charge >= 0.3 is 0 Å². The quantitative estimate of drug-likeness (QED) is 0.752. The average Bonchev–Trinajstić information content (AvgIpc) is 3.40. The maximum atomic E-state index is 12.7. The number of nitrogens with one attached hydrogen (secondary N) is 1. The van der Waals surface area contributed by atoms with Crippen LogP contribution in [0.2, 0.25) is 0 Å². The van der Waals surface area contributed by atoms with Crippen molar-refractivity contribution in [3.8, 4) is 22.5 Å². The van der Waals surface area contributed by atoms with Crippen molar-refractivity contribution >= 4 is 17.2 Å². The topological polar surface area (TPSA) is 94.9 Å². The van der Waals surface area contributed by atoms with Gasteiger partial charge < -0.3 is 9.64 Å². The Morgan fingerprint density at radius 1 is 1.33 bits per heavy atom. The van der Waals surface area contributed by atoms with Crippen molar-refractivity contribution in [2.45, 2.75) is 18.9 Å². The van der Waals surface area contributed by atoms with E-state index < -0.39 is 0 Å². The molecule has 3 aromatic heterocycles. The van der Waals surface area contributed by atoms with Crippen molar-refractivity contribution in [1.82, 2.24) is 20.1 Å². The van der Waals surface area contributed by atoms with Gasteiger partial charge in [-0.1, -0.05) is 6.07 Å². The SMILES string of the molecule is N#Cc1cccnc1OC1CCN(C(=O)c2cc(-c3cccs3)[nH]n2)CC1.